The molecule has 1 unspecified atom stereocenters. The second-order valence-electron chi connectivity index (χ2n) is 6.42. The van der Waals surface area contributed by atoms with Crippen LogP contribution in [-0.4, -0.2) is 18.3 Å². The normalized spacial score (nSPS) is 12.9. The number of ether oxygens (including phenoxy) is 2. The minimum absolute atomic E-state index is 0.0261. The lowest BCUT2D eigenvalue weighted by Gasteiger charge is -2.15. The van der Waals surface area contributed by atoms with Crippen LogP contribution in [0.1, 0.15) is 31.9 Å². The molecule has 7 nitrogen and oxygen atoms in total. The molecule has 174 valence electrons. The van der Waals surface area contributed by atoms with E-state index >= 15 is 0 Å². The van der Waals surface area contributed by atoms with E-state index in [2.05, 4.69) is 5.16 Å². The zero-order valence-electron chi connectivity index (χ0n) is 17.4. The van der Waals surface area contributed by atoms with Crippen molar-refractivity contribution in [3.05, 3.63) is 46.5 Å². The number of alkyl halides is 3. The standard InChI is InChI=1S/C20H21ClF3N2O5P/c1-4-12-8-15(25)18(32(28)31-26-11(3)19(27)29-5-2)10-17(12)30-16-7-6-13(9-14(16)21)20(22,23)24/h6-10,32H,4-5,25H2,1-3H3. The second-order valence-corrected chi connectivity index (χ2v) is 8.13. The minimum Gasteiger partial charge on any atom is -0.461 e. The molecule has 0 saturated carbocycles. The van der Waals surface area contributed by atoms with E-state index in [9.17, 15) is 22.5 Å². The van der Waals surface area contributed by atoms with Crippen LogP contribution in [0.15, 0.2) is 35.5 Å². The quantitative estimate of drug-likeness (QED) is 0.175. The molecule has 12 heteroatoms. The van der Waals surface area contributed by atoms with Gasteiger partial charge in [-0.25, -0.2) is 4.79 Å². The van der Waals surface area contributed by atoms with E-state index in [4.69, 9.17) is 31.4 Å². The Labute approximate surface area is 188 Å². The average molecular weight is 493 g/mol. The summed E-state index contributed by atoms with van der Waals surface area (Å²) in [6, 6.07) is 5.53. The minimum atomic E-state index is -4.55. The van der Waals surface area contributed by atoms with E-state index in [1.54, 1.807) is 6.92 Å². The van der Waals surface area contributed by atoms with Gasteiger partial charge in [0.05, 0.1) is 22.5 Å². The van der Waals surface area contributed by atoms with Crippen LogP contribution in [0, 0.1) is 0 Å². The molecule has 2 aromatic carbocycles. The molecule has 2 N–H and O–H groups in total. The van der Waals surface area contributed by atoms with Crippen molar-refractivity contribution in [2.24, 2.45) is 5.16 Å². The lowest BCUT2D eigenvalue weighted by atomic mass is 10.1. The second kappa shape index (κ2) is 10.7. The Hall–Kier alpha value is -2.71. The summed E-state index contributed by atoms with van der Waals surface area (Å²) in [7, 11) is -3.05. The van der Waals surface area contributed by atoms with Crippen molar-refractivity contribution in [1.29, 1.82) is 0 Å². The third-order valence-electron chi connectivity index (χ3n) is 4.15. The molecule has 0 aliphatic rings. The number of nitrogens with zero attached hydrogens (tertiary/aromatic N) is 1. The number of carbonyl (C=O) groups excluding carboxylic acids is 1. The number of anilines is 1. The van der Waals surface area contributed by atoms with Crippen LogP contribution >= 0.6 is 19.6 Å². The number of nitrogen functional groups attached to an aromatic ring is 1. The molecule has 0 aromatic heterocycles. The number of nitrogens with two attached hydrogens (primary N) is 1. The van der Waals surface area contributed by atoms with E-state index in [0.717, 1.165) is 18.2 Å². The number of carbonyl (C=O) groups is 1. The largest absolute Gasteiger partial charge is 0.461 e. The number of esters is 1. The summed E-state index contributed by atoms with van der Waals surface area (Å²) in [4.78, 5) is 11.6. The first-order valence-corrected chi connectivity index (χ1v) is 11.1. The average Bonchev–Trinajstić information content (AvgIpc) is 2.73. The Balaban J connectivity index is 2.34. The number of oxime groups is 1. The molecular weight excluding hydrogens is 472 g/mol. The number of benzene rings is 2. The van der Waals surface area contributed by atoms with E-state index in [0.29, 0.717) is 12.0 Å². The van der Waals surface area contributed by atoms with Gasteiger partial charge in [-0.15, -0.1) is 0 Å². The zero-order valence-corrected chi connectivity index (χ0v) is 19.1. The fraction of sp³-hybridized carbons (Fsp3) is 0.300. The Bertz CT molecular complexity index is 1060. The third-order valence-corrected chi connectivity index (χ3v) is 5.57. The number of rotatable bonds is 8. The van der Waals surface area contributed by atoms with Crippen molar-refractivity contribution in [2.75, 3.05) is 12.3 Å². The molecule has 0 amide bonds. The molecular formula is C20H21ClF3N2O5P. The van der Waals surface area contributed by atoms with Crippen LogP contribution in [0.4, 0.5) is 18.9 Å². The van der Waals surface area contributed by atoms with Crippen LogP contribution in [0.3, 0.4) is 0 Å². The van der Waals surface area contributed by atoms with Gasteiger partial charge in [-0.1, -0.05) is 23.7 Å². The lowest BCUT2D eigenvalue weighted by Crippen LogP contribution is -2.14. The first-order valence-electron chi connectivity index (χ1n) is 9.37. The molecule has 0 fully saturated rings. The molecule has 0 aliphatic heterocycles. The summed E-state index contributed by atoms with van der Waals surface area (Å²) in [5.74, 6) is -0.564. The Kier molecular flexibility index (Phi) is 8.58. The molecule has 1 atom stereocenters. The Morgan fingerprint density at radius 2 is 1.88 bits per heavy atom. The summed E-state index contributed by atoms with van der Waals surface area (Å²) < 4.78 is 66.6. The Morgan fingerprint density at radius 3 is 2.44 bits per heavy atom. The van der Waals surface area contributed by atoms with Gasteiger partial charge < -0.3 is 19.8 Å². The van der Waals surface area contributed by atoms with Crippen molar-refractivity contribution in [1.82, 2.24) is 0 Å². The predicted molar refractivity (Wildman–Crippen MR) is 116 cm³/mol. The summed E-state index contributed by atoms with van der Waals surface area (Å²) in [5.41, 5.74) is 5.65. The van der Waals surface area contributed by atoms with Crippen molar-refractivity contribution in [3.8, 4) is 11.5 Å². The topological polar surface area (TPSA) is 100 Å². The van der Waals surface area contributed by atoms with Crippen LogP contribution in [-0.2, 0) is 31.3 Å². The lowest BCUT2D eigenvalue weighted by molar-refractivity contribution is -0.137. The highest BCUT2D eigenvalue weighted by atomic mass is 35.5. The molecule has 0 spiro atoms. The van der Waals surface area contributed by atoms with E-state index in [1.165, 1.54) is 19.1 Å². The van der Waals surface area contributed by atoms with Gasteiger partial charge in [0.2, 0.25) is 0 Å². The highest BCUT2D eigenvalue weighted by molar-refractivity contribution is 7.48. The number of halogens is 4. The summed E-state index contributed by atoms with van der Waals surface area (Å²) in [6.07, 6.45) is -4.09. The smallest absolute Gasteiger partial charge is 0.416 e. The highest BCUT2D eigenvalue weighted by Gasteiger charge is 2.31. The molecule has 2 rings (SSSR count). The number of hydrogen-bond donors (Lipinski definition) is 1. The van der Waals surface area contributed by atoms with Gasteiger partial charge in [-0.2, -0.15) is 13.2 Å². The van der Waals surface area contributed by atoms with Gasteiger partial charge in [0.1, 0.15) is 11.5 Å². The van der Waals surface area contributed by atoms with Crippen molar-refractivity contribution >= 4 is 42.3 Å². The van der Waals surface area contributed by atoms with Crippen molar-refractivity contribution < 1.29 is 36.6 Å². The summed E-state index contributed by atoms with van der Waals surface area (Å²) in [6.45, 7) is 4.90. The van der Waals surface area contributed by atoms with E-state index < -0.39 is 25.7 Å². The third kappa shape index (κ3) is 6.40. The molecule has 0 bridgehead atoms. The SMILES string of the molecule is CCOC(=O)C(C)=NO[PH](=O)c1cc(Oc2ccc(C(F)(F)F)cc2Cl)c(CC)cc1N. The summed E-state index contributed by atoms with van der Waals surface area (Å²) in [5, 5.41) is 3.32. The first-order chi connectivity index (χ1) is 15.0. The van der Waals surface area contributed by atoms with Gasteiger partial charge in [0, 0.05) is 5.69 Å². The van der Waals surface area contributed by atoms with Crippen LogP contribution in [0.5, 0.6) is 11.5 Å². The maximum absolute atomic E-state index is 12.9. The molecule has 0 radical (unpaired) electrons. The summed E-state index contributed by atoms with van der Waals surface area (Å²) >= 11 is 5.96. The first kappa shape index (κ1) is 25.5. The van der Waals surface area contributed by atoms with Gasteiger partial charge in [-0.3, -0.25) is 4.57 Å². The fourth-order valence-electron chi connectivity index (χ4n) is 2.50. The van der Waals surface area contributed by atoms with Gasteiger partial charge in [0.15, 0.2) is 5.71 Å². The van der Waals surface area contributed by atoms with Crippen molar-refractivity contribution in [3.63, 3.8) is 0 Å². The maximum Gasteiger partial charge on any atom is 0.416 e. The van der Waals surface area contributed by atoms with Gasteiger partial charge >= 0.3 is 12.1 Å². The van der Waals surface area contributed by atoms with Gasteiger partial charge in [0.25, 0.3) is 8.03 Å². The maximum atomic E-state index is 12.9. The van der Waals surface area contributed by atoms with Crippen molar-refractivity contribution in [2.45, 2.75) is 33.4 Å². The number of aryl methyl sites for hydroxylation is 1. The molecule has 0 aliphatic carbocycles. The predicted octanol–water partition coefficient (Wildman–Crippen LogP) is 5.35. The molecule has 2 aromatic rings. The fourth-order valence-corrected chi connectivity index (χ4v) is 3.60. The number of hydrogen-bond acceptors (Lipinski definition) is 7. The van der Waals surface area contributed by atoms with Crippen LogP contribution in [0.2, 0.25) is 5.02 Å². The van der Waals surface area contributed by atoms with E-state index in [-0.39, 0.29) is 39.8 Å². The highest BCUT2D eigenvalue weighted by Crippen LogP contribution is 2.38. The molecule has 0 saturated heterocycles. The van der Waals surface area contributed by atoms with E-state index in [1.807, 2.05) is 6.92 Å². The van der Waals surface area contributed by atoms with Crippen LogP contribution in [0.25, 0.3) is 0 Å². The van der Waals surface area contributed by atoms with Crippen LogP contribution < -0.4 is 15.8 Å². The Morgan fingerprint density at radius 1 is 1.19 bits per heavy atom. The monoisotopic (exact) mass is 492 g/mol. The molecule has 0 heterocycles. The van der Waals surface area contributed by atoms with Gasteiger partial charge in [-0.05, 0) is 56.2 Å². The zero-order chi connectivity index (χ0) is 24.1. The molecule has 32 heavy (non-hydrogen) atoms.